The molecule has 1 aromatic rings. The fraction of sp³-hybridized carbons (Fsp3) is 0.364. The van der Waals surface area contributed by atoms with Gasteiger partial charge in [0.1, 0.15) is 18.2 Å². The van der Waals surface area contributed by atoms with Crippen LogP contribution in [0.1, 0.15) is 10.4 Å². The van der Waals surface area contributed by atoms with Crippen LogP contribution in [0.15, 0.2) is 18.2 Å². The lowest BCUT2D eigenvalue weighted by molar-refractivity contribution is 0.0823. The molecule has 88 valence electrons. The monoisotopic (exact) mass is 226 g/mol. The number of benzene rings is 1. The summed E-state index contributed by atoms with van der Waals surface area (Å²) in [7, 11) is 3.19. The maximum Gasteiger partial charge on any atom is 0.257 e. The minimum atomic E-state index is -0.467. The second-order valence-electron chi connectivity index (χ2n) is 3.48. The van der Waals surface area contributed by atoms with Gasteiger partial charge in [-0.05, 0) is 18.2 Å². The summed E-state index contributed by atoms with van der Waals surface area (Å²) >= 11 is 0. The molecule has 0 aliphatic rings. The van der Waals surface area contributed by atoms with Crippen molar-refractivity contribution in [3.8, 4) is 5.75 Å². The molecule has 0 aromatic heterocycles. The summed E-state index contributed by atoms with van der Waals surface area (Å²) in [5.74, 6) is -0.414. The van der Waals surface area contributed by atoms with Gasteiger partial charge in [0.05, 0.1) is 5.56 Å². The van der Waals surface area contributed by atoms with E-state index >= 15 is 0 Å². The average molecular weight is 226 g/mol. The Kier molecular flexibility index (Phi) is 4.25. The standard InChI is InChI=1S/C11H15FN2O2/c1-14(2)11(15)9-7-8(12)3-4-10(9)16-6-5-13/h3-4,7H,5-6,13H2,1-2H3. The number of halogens is 1. The summed E-state index contributed by atoms with van der Waals surface area (Å²) in [5.41, 5.74) is 5.50. The minimum absolute atomic E-state index is 0.207. The number of nitrogens with two attached hydrogens (primary N) is 1. The van der Waals surface area contributed by atoms with E-state index in [0.717, 1.165) is 6.07 Å². The number of hydrogen-bond donors (Lipinski definition) is 1. The van der Waals surface area contributed by atoms with Gasteiger partial charge in [0.15, 0.2) is 0 Å². The van der Waals surface area contributed by atoms with Gasteiger partial charge in [-0.3, -0.25) is 4.79 Å². The molecule has 0 fully saturated rings. The highest BCUT2D eigenvalue weighted by atomic mass is 19.1. The molecule has 2 N–H and O–H groups in total. The molecule has 0 saturated heterocycles. The molecular formula is C11H15FN2O2. The van der Waals surface area contributed by atoms with Crippen molar-refractivity contribution in [3.63, 3.8) is 0 Å². The average Bonchev–Trinajstić information content (AvgIpc) is 2.26. The zero-order valence-corrected chi connectivity index (χ0v) is 9.37. The molecule has 0 spiro atoms. The van der Waals surface area contributed by atoms with Crippen LogP contribution >= 0.6 is 0 Å². The summed E-state index contributed by atoms with van der Waals surface area (Å²) in [5, 5.41) is 0. The minimum Gasteiger partial charge on any atom is -0.491 e. The predicted molar refractivity (Wildman–Crippen MR) is 59.0 cm³/mol. The van der Waals surface area contributed by atoms with E-state index in [4.69, 9.17) is 10.5 Å². The molecular weight excluding hydrogens is 211 g/mol. The Morgan fingerprint density at radius 2 is 2.19 bits per heavy atom. The molecule has 0 heterocycles. The highest BCUT2D eigenvalue weighted by Gasteiger charge is 2.15. The molecule has 0 saturated carbocycles. The largest absolute Gasteiger partial charge is 0.491 e. The lowest BCUT2D eigenvalue weighted by Crippen LogP contribution is -2.23. The van der Waals surface area contributed by atoms with Crippen molar-refractivity contribution in [1.29, 1.82) is 0 Å². The number of rotatable bonds is 4. The van der Waals surface area contributed by atoms with Crippen LogP contribution in [0.5, 0.6) is 5.75 Å². The van der Waals surface area contributed by atoms with Crippen molar-refractivity contribution in [1.82, 2.24) is 4.90 Å². The number of amides is 1. The first-order valence-corrected chi connectivity index (χ1v) is 4.90. The zero-order valence-electron chi connectivity index (χ0n) is 9.37. The molecule has 0 atom stereocenters. The van der Waals surface area contributed by atoms with Gasteiger partial charge >= 0.3 is 0 Å². The summed E-state index contributed by atoms with van der Waals surface area (Å²) in [6.45, 7) is 0.631. The highest BCUT2D eigenvalue weighted by molar-refractivity contribution is 5.96. The van der Waals surface area contributed by atoms with Gasteiger partial charge < -0.3 is 15.4 Å². The Morgan fingerprint density at radius 1 is 1.50 bits per heavy atom. The second kappa shape index (κ2) is 5.46. The summed E-state index contributed by atoms with van der Waals surface area (Å²) in [6.07, 6.45) is 0. The molecule has 0 unspecified atom stereocenters. The van der Waals surface area contributed by atoms with E-state index in [1.165, 1.54) is 17.0 Å². The van der Waals surface area contributed by atoms with E-state index in [2.05, 4.69) is 0 Å². The van der Waals surface area contributed by atoms with Gasteiger partial charge in [-0.2, -0.15) is 0 Å². The molecule has 5 heteroatoms. The van der Waals surface area contributed by atoms with Crippen LogP contribution in [0.4, 0.5) is 4.39 Å². The normalized spacial score (nSPS) is 10.0. The maximum atomic E-state index is 13.0. The molecule has 1 amide bonds. The number of ether oxygens (including phenoxy) is 1. The fourth-order valence-electron chi connectivity index (χ4n) is 1.20. The third kappa shape index (κ3) is 2.93. The molecule has 0 radical (unpaired) electrons. The first-order chi connectivity index (χ1) is 7.56. The quantitative estimate of drug-likeness (QED) is 0.828. The van der Waals surface area contributed by atoms with Crippen LogP contribution in [0.2, 0.25) is 0 Å². The van der Waals surface area contributed by atoms with Crippen LogP contribution in [0.3, 0.4) is 0 Å². The summed E-state index contributed by atoms with van der Waals surface area (Å²) in [6, 6.07) is 3.84. The Morgan fingerprint density at radius 3 is 2.75 bits per heavy atom. The summed E-state index contributed by atoms with van der Waals surface area (Å²) < 4.78 is 18.3. The number of carbonyl (C=O) groups is 1. The molecule has 0 aliphatic heterocycles. The lowest BCUT2D eigenvalue weighted by Gasteiger charge is -2.14. The molecule has 1 rings (SSSR count). The van der Waals surface area contributed by atoms with Crippen LogP contribution in [0, 0.1) is 5.82 Å². The van der Waals surface area contributed by atoms with E-state index in [1.807, 2.05) is 0 Å². The number of hydrogen-bond acceptors (Lipinski definition) is 3. The van der Waals surface area contributed by atoms with Crippen molar-refractivity contribution in [2.45, 2.75) is 0 Å². The van der Waals surface area contributed by atoms with Crippen LogP contribution in [0.25, 0.3) is 0 Å². The van der Waals surface area contributed by atoms with E-state index in [9.17, 15) is 9.18 Å². The van der Waals surface area contributed by atoms with Crippen LogP contribution < -0.4 is 10.5 Å². The molecule has 16 heavy (non-hydrogen) atoms. The topological polar surface area (TPSA) is 55.6 Å². The first kappa shape index (κ1) is 12.4. The lowest BCUT2D eigenvalue weighted by atomic mass is 10.1. The van der Waals surface area contributed by atoms with Gasteiger partial charge in [0.2, 0.25) is 0 Å². The van der Waals surface area contributed by atoms with Crippen LogP contribution in [-0.4, -0.2) is 38.1 Å². The Hall–Kier alpha value is -1.62. The molecule has 4 nitrogen and oxygen atoms in total. The maximum absolute atomic E-state index is 13.0. The Bertz CT molecular complexity index is 380. The summed E-state index contributed by atoms with van der Waals surface area (Å²) in [4.78, 5) is 13.1. The Balaban J connectivity index is 3.03. The number of nitrogens with zero attached hydrogens (tertiary/aromatic N) is 1. The second-order valence-corrected chi connectivity index (χ2v) is 3.48. The fourth-order valence-corrected chi connectivity index (χ4v) is 1.20. The van der Waals surface area contributed by atoms with Gasteiger partial charge in [0.25, 0.3) is 5.91 Å². The highest BCUT2D eigenvalue weighted by Crippen LogP contribution is 2.20. The van der Waals surface area contributed by atoms with E-state index in [0.29, 0.717) is 18.9 Å². The smallest absolute Gasteiger partial charge is 0.257 e. The van der Waals surface area contributed by atoms with Gasteiger partial charge in [-0.25, -0.2) is 4.39 Å². The van der Waals surface area contributed by atoms with Crippen molar-refractivity contribution < 1.29 is 13.9 Å². The van der Waals surface area contributed by atoms with E-state index < -0.39 is 5.82 Å². The van der Waals surface area contributed by atoms with Crippen molar-refractivity contribution >= 4 is 5.91 Å². The SMILES string of the molecule is CN(C)C(=O)c1cc(F)ccc1OCCN. The Labute approximate surface area is 93.8 Å². The van der Waals surface area contributed by atoms with E-state index in [-0.39, 0.29) is 11.5 Å². The molecule has 0 aliphatic carbocycles. The number of carbonyl (C=O) groups excluding carboxylic acids is 1. The van der Waals surface area contributed by atoms with Gasteiger partial charge in [0, 0.05) is 20.6 Å². The van der Waals surface area contributed by atoms with Gasteiger partial charge in [-0.1, -0.05) is 0 Å². The van der Waals surface area contributed by atoms with Crippen molar-refractivity contribution in [2.24, 2.45) is 5.73 Å². The zero-order chi connectivity index (χ0) is 12.1. The predicted octanol–water partition coefficient (Wildman–Crippen LogP) is 0.865. The third-order valence-corrected chi connectivity index (χ3v) is 1.95. The van der Waals surface area contributed by atoms with Crippen molar-refractivity contribution in [2.75, 3.05) is 27.2 Å². The van der Waals surface area contributed by atoms with Crippen LogP contribution in [-0.2, 0) is 0 Å². The first-order valence-electron chi connectivity index (χ1n) is 4.90. The molecule has 0 bridgehead atoms. The van der Waals surface area contributed by atoms with Crippen molar-refractivity contribution in [3.05, 3.63) is 29.6 Å². The van der Waals surface area contributed by atoms with Gasteiger partial charge in [-0.15, -0.1) is 0 Å². The molecule has 1 aromatic carbocycles. The van der Waals surface area contributed by atoms with E-state index in [1.54, 1.807) is 14.1 Å². The third-order valence-electron chi connectivity index (χ3n) is 1.95.